The first-order valence-corrected chi connectivity index (χ1v) is 5.61. The summed E-state index contributed by atoms with van der Waals surface area (Å²) in [5, 5.41) is 0. The van der Waals surface area contributed by atoms with Crippen molar-refractivity contribution in [2.45, 2.75) is 52.1 Å². The van der Waals surface area contributed by atoms with Crippen molar-refractivity contribution in [3.8, 4) is 0 Å². The van der Waals surface area contributed by atoms with Crippen molar-refractivity contribution in [1.82, 2.24) is 4.90 Å². The van der Waals surface area contributed by atoms with Crippen LogP contribution in [0, 0.1) is 5.92 Å². The zero-order valence-electron chi connectivity index (χ0n) is 9.29. The molecule has 13 heavy (non-hydrogen) atoms. The van der Waals surface area contributed by atoms with E-state index in [-0.39, 0.29) is 0 Å². The molecule has 1 heterocycles. The molecule has 0 amide bonds. The first kappa shape index (κ1) is 11.0. The molecular formula is C11H24N2. The van der Waals surface area contributed by atoms with Crippen LogP contribution in [-0.2, 0) is 0 Å². The molecule has 1 aliphatic heterocycles. The average Bonchev–Trinajstić information content (AvgIpc) is 2.03. The molecule has 0 saturated carbocycles. The van der Waals surface area contributed by atoms with Gasteiger partial charge in [0, 0.05) is 18.6 Å². The molecule has 0 aromatic rings. The predicted octanol–water partition coefficient (Wildman–Crippen LogP) is 1.84. The summed E-state index contributed by atoms with van der Waals surface area (Å²) in [4.78, 5) is 2.58. The van der Waals surface area contributed by atoms with Gasteiger partial charge in [-0.05, 0) is 32.2 Å². The highest BCUT2D eigenvalue weighted by Gasteiger charge is 2.24. The highest BCUT2D eigenvalue weighted by molar-refractivity contribution is 4.80. The van der Waals surface area contributed by atoms with E-state index in [9.17, 15) is 0 Å². The summed E-state index contributed by atoms with van der Waals surface area (Å²) in [6.45, 7) is 9.08. The van der Waals surface area contributed by atoms with E-state index in [1.54, 1.807) is 0 Å². The van der Waals surface area contributed by atoms with Gasteiger partial charge in [0.15, 0.2) is 0 Å². The number of nitrogens with zero attached hydrogens (tertiary/aromatic N) is 1. The van der Waals surface area contributed by atoms with Gasteiger partial charge in [0.25, 0.3) is 0 Å². The van der Waals surface area contributed by atoms with Crippen LogP contribution in [0.15, 0.2) is 0 Å². The molecule has 0 spiro atoms. The molecule has 1 fully saturated rings. The van der Waals surface area contributed by atoms with Gasteiger partial charge in [-0.15, -0.1) is 0 Å². The van der Waals surface area contributed by atoms with Crippen LogP contribution in [0.25, 0.3) is 0 Å². The molecule has 0 bridgehead atoms. The second-order valence-corrected chi connectivity index (χ2v) is 4.78. The van der Waals surface area contributed by atoms with Crippen LogP contribution < -0.4 is 5.73 Å². The molecule has 0 aromatic heterocycles. The maximum atomic E-state index is 5.84. The quantitative estimate of drug-likeness (QED) is 0.725. The summed E-state index contributed by atoms with van der Waals surface area (Å²) in [6.07, 6.45) is 4.12. The lowest BCUT2D eigenvalue weighted by Gasteiger charge is -2.39. The van der Waals surface area contributed by atoms with Crippen LogP contribution in [0.5, 0.6) is 0 Å². The van der Waals surface area contributed by atoms with Crippen LogP contribution in [0.3, 0.4) is 0 Å². The van der Waals surface area contributed by atoms with Gasteiger partial charge in [0.1, 0.15) is 0 Å². The molecule has 0 aromatic carbocycles. The standard InChI is InChI=1S/C11H24N2/c1-9(2)11-6-4-5-7-13(11)8-10(3)12/h9-11H,4-8,12H2,1-3H3. The summed E-state index contributed by atoms with van der Waals surface area (Å²) in [5.74, 6) is 0.777. The van der Waals surface area contributed by atoms with Gasteiger partial charge in [0.2, 0.25) is 0 Å². The van der Waals surface area contributed by atoms with Crippen molar-refractivity contribution in [3.05, 3.63) is 0 Å². The minimum Gasteiger partial charge on any atom is -0.327 e. The van der Waals surface area contributed by atoms with Gasteiger partial charge in [0.05, 0.1) is 0 Å². The molecule has 0 aliphatic carbocycles. The van der Waals surface area contributed by atoms with E-state index in [1.807, 2.05) is 0 Å². The van der Waals surface area contributed by atoms with E-state index in [4.69, 9.17) is 5.73 Å². The van der Waals surface area contributed by atoms with E-state index in [1.165, 1.54) is 25.8 Å². The number of piperidine rings is 1. The number of hydrogen-bond donors (Lipinski definition) is 1. The fourth-order valence-corrected chi connectivity index (χ4v) is 2.37. The minimum atomic E-state index is 0.319. The number of rotatable bonds is 3. The Morgan fingerprint density at radius 2 is 2.00 bits per heavy atom. The smallest absolute Gasteiger partial charge is 0.0139 e. The molecule has 2 N–H and O–H groups in total. The highest BCUT2D eigenvalue weighted by Crippen LogP contribution is 2.22. The summed E-state index contributed by atoms with van der Waals surface area (Å²) < 4.78 is 0. The Balaban J connectivity index is 2.46. The van der Waals surface area contributed by atoms with Crippen LogP contribution in [0.4, 0.5) is 0 Å². The maximum Gasteiger partial charge on any atom is 0.0139 e. The molecule has 2 nitrogen and oxygen atoms in total. The van der Waals surface area contributed by atoms with Gasteiger partial charge in [-0.25, -0.2) is 0 Å². The van der Waals surface area contributed by atoms with Crippen molar-refractivity contribution >= 4 is 0 Å². The van der Waals surface area contributed by atoms with Crippen LogP contribution in [0.2, 0.25) is 0 Å². The molecule has 2 heteroatoms. The van der Waals surface area contributed by atoms with E-state index in [0.717, 1.165) is 18.5 Å². The lowest BCUT2D eigenvalue weighted by molar-refractivity contribution is 0.107. The zero-order chi connectivity index (χ0) is 9.84. The summed E-state index contributed by atoms with van der Waals surface area (Å²) in [6, 6.07) is 1.10. The fourth-order valence-electron chi connectivity index (χ4n) is 2.37. The Morgan fingerprint density at radius 3 is 2.54 bits per heavy atom. The average molecular weight is 184 g/mol. The van der Waals surface area contributed by atoms with Gasteiger partial charge in [-0.1, -0.05) is 20.3 Å². The monoisotopic (exact) mass is 184 g/mol. The Hall–Kier alpha value is -0.0800. The Bertz CT molecular complexity index is 143. The Labute approximate surface area is 82.5 Å². The third-order valence-corrected chi connectivity index (χ3v) is 2.96. The largest absolute Gasteiger partial charge is 0.327 e. The first-order chi connectivity index (χ1) is 6.11. The SMILES string of the molecule is CC(N)CN1CCCCC1C(C)C. The van der Waals surface area contributed by atoms with Crippen molar-refractivity contribution < 1.29 is 0 Å². The molecule has 2 unspecified atom stereocenters. The maximum absolute atomic E-state index is 5.84. The summed E-state index contributed by atoms with van der Waals surface area (Å²) in [7, 11) is 0. The van der Waals surface area contributed by atoms with Crippen molar-refractivity contribution in [1.29, 1.82) is 0 Å². The van der Waals surface area contributed by atoms with Crippen LogP contribution in [0.1, 0.15) is 40.0 Å². The normalized spacial score (nSPS) is 27.9. The fraction of sp³-hybridized carbons (Fsp3) is 1.00. The van der Waals surface area contributed by atoms with Crippen LogP contribution >= 0.6 is 0 Å². The third kappa shape index (κ3) is 3.28. The Kier molecular flexibility index (Phi) is 4.20. The molecule has 1 saturated heterocycles. The minimum absolute atomic E-state index is 0.319. The van der Waals surface area contributed by atoms with Crippen molar-refractivity contribution in [3.63, 3.8) is 0 Å². The predicted molar refractivity (Wildman–Crippen MR) is 57.7 cm³/mol. The van der Waals surface area contributed by atoms with E-state index < -0.39 is 0 Å². The molecule has 0 radical (unpaired) electrons. The van der Waals surface area contributed by atoms with Gasteiger partial charge in [-0.3, -0.25) is 4.90 Å². The summed E-state index contributed by atoms with van der Waals surface area (Å²) in [5.41, 5.74) is 5.84. The lowest BCUT2D eigenvalue weighted by Crippen LogP contribution is -2.47. The molecule has 78 valence electrons. The lowest BCUT2D eigenvalue weighted by atomic mass is 9.92. The van der Waals surface area contributed by atoms with Crippen molar-refractivity contribution in [2.75, 3.05) is 13.1 Å². The highest BCUT2D eigenvalue weighted by atomic mass is 15.2. The molecule has 1 aliphatic rings. The van der Waals surface area contributed by atoms with E-state index in [0.29, 0.717) is 6.04 Å². The van der Waals surface area contributed by atoms with Gasteiger partial charge in [-0.2, -0.15) is 0 Å². The van der Waals surface area contributed by atoms with E-state index >= 15 is 0 Å². The van der Waals surface area contributed by atoms with Gasteiger partial charge >= 0.3 is 0 Å². The zero-order valence-corrected chi connectivity index (χ0v) is 9.29. The third-order valence-electron chi connectivity index (χ3n) is 2.96. The molecule has 1 rings (SSSR count). The van der Waals surface area contributed by atoms with Crippen LogP contribution in [-0.4, -0.2) is 30.1 Å². The summed E-state index contributed by atoms with van der Waals surface area (Å²) >= 11 is 0. The Morgan fingerprint density at radius 1 is 1.31 bits per heavy atom. The molecular weight excluding hydrogens is 160 g/mol. The second kappa shape index (κ2) is 4.97. The first-order valence-electron chi connectivity index (χ1n) is 5.61. The number of likely N-dealkylation sites (tertiary alicyclic amines) is 1. The molecule has 2 atom stereocenters. The van der Waals surface area contributed by atoms with E-state index in [2.05, 4.69) is 25.7 Å². The van der Waals surface area contributed by atoms with Crippen molar-refractivity contribution in [2.24, 2.45) is 11.7 Å². The topological polar surface area (TPSA) is 29.3 Å². The number of nitrogens with two attached hydrogens (primary N) is 1. The number of hydrogen-bond acceptors (Lipinski definition) is 2. The van der Waals surface area contributed by atoms with Gasteiger partial charge < -0.3 is 5.73 Å². The second-order valence-electron chi connectivity index (χ2n) is 4.78.